The molecule has 2 saturated heterocycles. The van der Waals surface area contributed by atoms with E-state index >= 15 is 0 Å². The van der Waals surface area contributed by atoms with Gasteiger partial charge in [-0.2, -0.15) is 0 Å². The summed E-state index contributed by atoms with van der Waals surface area (Å²) in [5.41, 5.74) is -0.675. The molecule has 1 atom stereocenters. The third-order valence-electron chi connectivity index (χ3n) is 3.35. The molecule has 2 aliphatic heterocycles. The number of aliphatic hydroxyl groups is 1. The Morgan fingerprint density at radius 3 is 2.33 bits per heavy atom. The van der Waals surface area contributed by atoms with Gasteiger partial charge in [0.2, 0.25) is 0 Å². The molecule has 0 aliphatic carbocycles. The summed E-state index contributed by atoms with van der Waals surface area (Å²) in [5, 5.41) is 9.80. The van der Waals surface area contributed by atoms with Gasteiger partial charge in [0.15, 0.2) is 0 Å². The maximum atomic E-state index is 12.0. The third-order valence-corrected chi connectivity index (χ3v) is 3.35. The lowest BCUT2D eigenvalue weighted by Gasteiger charge is -2.31. The molecule has 0 saturated carbocycles. The van der Waals surface area contributed by atoms with Gasteiger partial charge in [0.1, 0.15) is 0 Å². The third kappa shape index (κ3) is 2.43. The summed E-state index contributed by atoms with van der Waals surface area (Å²) in [6.07, 6.45) is 4.18. The molecule has 2 heterocycles. The van der Waals surface area contributed by atoms with Crippen molar-refractivity contribution in [2.24, 2.45) is 0 Å². The standard InChI is InChI=1S/C11H20N2O2/c1-11(15)5-8-13(9-11)10(14)12-6-3-2-4-7-12/h15H,2-9H2,1H3. The van der Waals surface area contributed by atoms with E-state index in [0.717, 1.165) is 25.9 Å². The maximum Gasteiger partial charge on any atom is 0.320 e. The normalized spacial score (nSPS) is 32.1. The van der Waals surface area contributed by atoms with E-state index in [9.17, 15) is 9.90 Å². The van der Waals surface area contributed by atoms with Crippen molar-refractivity contribution in [1.82, 2.24) is 9.80 Å². The Bertz CT molecular complexity index is 247. The van der Waals surface area contributed by atoms with Gasteiger partial charge in [0, 0.05) is 19.6 Å². The molecular weight excluding hydrogens is 192 g/mol. The number of carbonyl (C=O) groups excluding carboxylic acids is 1. The smallest absolute Gasteiger partial charge is 0.320 e. The fraction of sp³-hybridized carbons (Fsp3) is 0.909. The van der Waals surface area contributed by atoms with Crippen LogP contribution in [0, 0.1) is 0 Å². The quantitative estimate of drug-likeness (QED) is 0.652. The zero-order valence-corrected chi connectivity index (χ0v) is 9.41. The van der Waals surface area contributed by atoms with Crippen LogP contribution in [0.5, 0.6) is 0 Å². The first-order chi connectivity index (χ1) is 7.08. The SMILES string of the molecule is CC1(O)CCN(C(=O)N2CCCCC2)C1. The van der Waals surface area contributed by atoms with Crippen LogP contribution in [-0.4, -0.2) is 52.7 Å². The number of hydrogen-bond acceptors (Lipinski definition) is 2. The molecule has 4 nitrogen and oxygen atoms in total. The average molecular weight is 212 g/mol. The lowest BCUT2D eigenvalue weighted by molar-refractivity contribution is 0.0681. The van der Waals surface area contributed by atoms with E-state index in [2.05, 4.69) is 0 Å². The van der Waals surface area contributed by atoms with Crippen LogP contribution in [-0.2, 0) is 0 Å². The van der Waals surface area contributed by atoms with Crippen LogP contribution in [0.1, 0.15) is 32.6 Å². The number of urea groups is 1. The monoisotopic (exact) mass is 212 g/mol. The first-order valence-corrected chi connectivity index (χ1v) is 5.85. The highest BCUT2D eigenvalue weighted by Gasteiger charge is 2.35. The Hall–Kier alpha value is -0.770. The van der Waals surface area contributed by atoms with Crippen molar-refractivity contribution >= 4 is 6.03 Å². The van der Waals surface area contributed by atoms with Gasteiger partial charge >= 0.3 is 6.03 Å². The minimum Gasteiger partial charge on any atom is -0.388 e. The van der Waals surface area contributed by atoms with Crippen molar-refractivity contribution in [2.45, 2.75) is 38.2 Å². The predicted molar refractivity (Wildman–Crippen MR) is 57.6 cm³/mol. The molecule has 0 aromatic rings. The second kappa shape index (κ2) is 4.00. The zero-order chi connectivity index (χ0) is 10.9. The van der Waals surface area contributed by atoms with Crippen molar-refractivity contribution in [3.05, 3.63) is 0 Å². The van der Waals surface area contributed by atoms with Gasteiger partial charge in [-0.15, -0.1) is 0 Å². The summed E-state index contributed by atoms with van der Waals surface area (Å²) in [5.74, 6) is 0. The molecule has 0 radical (unpaired) electrons. The van der Waals surface area contributed by atoms with E-state index in [1.807, 2.05) is 4.90 Å². The second-order valence-corrected chi connectivity index (χ2v) is 5.00. The van der Waals surface area contributed by atoms with Gasteiger partial charge < -0.3 is 14.9 Å². The molecule has 1 N–H and O–H groups in total. The van der Waals surface area contributed by atoms with Crippen molar-refractivity contribution in [3.63, 3.8) is 0 Å². The van der Waals surface area contributed by atoms with Crippen LogP contribution < -0.4 is 0 Å². The second-order valence-electron chi connectivity index (χ2n) is 5.00. The number of carbonyl (C=O) groups is 1. The predicted octanol–water partition coefficient (Wildman–Crippen LogP) is 1.05. The summed E-state index contributed by atoms with van der Waals surface area (Å²) in [6.45, 7) is 4.76. The Kier molecular flexibility index (Phi) is 2.87. The van der Waals surface area contributed by atoms with Crippen molar-refractivity contribution in [2.75, 3.05) is 26.2 Å². The molecule has 0 aromatic carbocycles. The van der Waals surface area contributed by atoms with Crippen molar-refractivity contribution in [3.8, 4) is 0 Å². The molecule has 2 rings (SSSR count). The van der Waals surface area contributed by atoms with Gasteiger partial charge in [-0.1, -0.05) is 0 Å². The Morgan fingerprint density at radius 2 is 1.80 bits per heavy atom. The van der Waals surface area contributed by atoms with Gasteiger partial charge in [0.05, 0.1) is 12.1 Å². The van der Waals surface area contributed by atoms with E-state index in [4.69, 9.17) is 0 Å². The number of rotatable bonds is 0. The molecule has 2 amide bonds. The first-order valence-electron chi connectivity index (χ1n) is 5.85. The topological polar surface area (TPSA) is 43.8 Å². The summed E-state index contributed by atoms with van der Waals surface area (Å²) in [6, 6.07) is 0.118. The van der Waals surface area contributed by atoms with Crippen molar-refractivity contribution < 1.29 is 9.90 Å². The van der Waals surface area contributed by atoms with Gasteiger partial charge in [-0.05, 0) is 32.6 Å². The Labute approximate surface area is 90.9 Å². The minimum atomic E-state index is -0.675. The molecule has 2 fully saturated rings. The fourth-order valence-electron chi connectivity index (χ4n) is 2.39. The van der Waals surface area contributed by atoms with Gasteiger partial charge in [-0.3, -0.25) is 0 Å². The van der Waals surface area contributed by atoms with E-state index in [1.54, 1.807) is 11.8 Å². The summed E-state index contributed by atoms with van der Waals surface area (Å²) >= 11 is 0. The van der Waals surface area contributed by atoms with Crippen LogP contribution in [0.2, 0.25) is 0 Å². The zero-order valence-electron chi connectivity index (χ0n) is 9.41. The molecular formula is C11H20N2O2. The molecule has 1 unspecified atom stereocenters. The Morgan fingerprint density at radius 1 is 1.13 bits per heavy atom. The Balaban J connectivity index is 1.90. The highest BCUT2D eigenvalue weighted by molar-refractivity contribution is 5.75. The largest absolute Gasteiger partial charge is 0.388 e. The molecule has 15 heavy (non-hydrogen) atoms. The number of likely N-dealkylation sites (tertiary alicyclic amines) is 2. The van der Waals surface area contributed by atoms with Crippen LogP contribution in [0.4, 0.5) is 4.79 Å². The fourth-order valence-corrected chi connectivity index (χ4v) is 2.39. The highest BCUT2D eigenvalue weighted by Crippen LogP contribution is 2.22. The molecule has 86 valence electrons. The molecule has 0 aromatic heterocycles. The average Bonchev–Trinajstić information content (AvgIpc) is 2.59. The lowest BCUT2D eigenvalue weighted by atomic mass is 10.1. The maximum absolute atomic E-state index is 12.0. The van der Waals surface area contributed by atoms with Gasteiger partial charge in [0.25, 0.3) is 0 Å². The van der Waals surface area contributed by atoms with Crippen LogP contribution in [0.15, 0.2) is 0 Å². The molecule has 2 aliphatic rings. The minimum absolute atomic E-state index is 0.118. The van der Waals surface area contributed by atoms with Crippen LogP contribution in [0.3, 0.4) is 0 Å². The number of β-amino-alcohol motifs (C(OH)–C–C–N with tert-alkyl or cyclic N) is 1. The number of nitrogens with zero attached hydrogens (tertiary/aromatic N) is 2. The lowest BCUT2D eigenvalue weighted by Crippen LogP contribution is -2.45. The summed E-state index contributed by atoms with van der Waals surface area (Å²) < 4.78 is 0. The van der Waals surface area contributed by atoms with E-state index in [0.29, 0.717) is 19.5 Å². The number of amides is 2. The van der Waals surface area contributed by atoms with Crippen LogP contribution in [0.25, 0.3) is 0 Å². The van der Waals surface area contributed by atoms with E-state index in [-0.39, 0.29) is 6.03 Å². The summed E-state index contributed by atoms with van der Waals surface area (Å²) in [7, 11) is 0. The molecule has 4 heteroatoms. The van der Waals surface area contributed by atoms with E-state index in [1.165, 1.54) is 6.42 Å². The first kappa shape index (κ1) is 10.7. The summed E-state index contributed by atoms with van der Waals surface area (Å²) in [4.78, 5) is 15.7. The van der Waals surface area contributed by atoms with Crippen molar-refractivity contribution in [1.29, 1.82) is 0 Å². The molecule has 0 spiro atoms. The highest BCUT2D eigenvalue weighted by atomic mass is 16.3. The molecule has 0 bridgehead atoms. The van der Waals surface area contributed by atoms with E-state index < -0.39 is 5.60 Å². The number of hydrogen-bond donors (Lipinski definition) is 1. The van der Waals surface area contributed by atoms with Crippen LogP contribution >= 0.6 is 0 Å². The van der Waals surface area contributed by atoms with Gasteiger partial charge in [-0.25, -0.2) is 4.79 Å². The number of piperidine rings is 1.